The maximum atomic E-state index is 5.47. The van der Waals surface area contributed by atoms with E-state index in [1.165, 1.54) is 5.56 Å². The molecule has 0 aliphatic heterocycles. The molecule has 15 heavy (non-hydrogen) atoms. The van der Waals surface area contributed by atoms with Gasteiger partial charge >= 0.3 is 0 Å². The van der Waals surface area contributed by atoms with Crippen LogP contribution >= 0.6 is 12.6 Å². The van der Waals surface area contributed by atoms with E-state index in [0.29, 0.717) is 5.88 Å². The van der Waals surface area contributed by atoms with Gasteiger partial charge < -0.3 is 9.73 Å². The van der Waals surface area contributed by atoms with E-state index in [1.807, 2.05) is 13.0 Å². The minimum Gasteiger partial charge on any atom is -0.441 e. The fourth-order valence-electron chi connectivity index (χ4n) is 1.55. The highest BCUT2D eigenvalue weighted by molar-refractivity contribution is 7.80. The molecule has 0 atom stereocenters. The lowest BCUT2D eigenvalue weighted by atomic mass is 10.1. The fraction of sp³-hybridized carbons (Fsp3) is 0.364. The highest BCUT2D eigenvalue weighted by Gasteiger charge is 2.02. The molecule has 1 heterocycles. The highest BCUT2D eigenvalue weighted by Crippen LogP contribution is 2.16. The summed E-state index contributed by atoms with van der Waals surface area (Å²) in [5.74, 6) is 1.43. The Hall–Kier alpha value is -1.00. The Kier molecular flexibility index (Phi) is 3.28. The van der Waals surface area contributed by atoms with E-state index in [2.05, 4.69) is 35.1 Å². The van der Waals surface area contributed by atoms with Crippen LogP contribution in [0.25, 0.3) is 11.1 Å². The summed E-state index contributed by atoms with van der Waals surface area (Å²) in [6, 6.07) is 6.14. The van der Waals surface area contributed by atoms with Crippen LogP contribution in [0.5, 0.6) is 0 Å². The second-order valence-electron chi connectivity index (χ2n) is 3.44. The van der Waals surface area contributed by atoms with E-state index in [-0.39, 0.29) is 0 Å². The Morgan fingerprint density at radius 3 is 3.13 bits per heavy atom. The molecular formula is C11H14N2OS. The number of aromatic nitrogens is 1. The number of hydrogen-bond donors (Lipinski definition) is 2. The lowest BCUT2D eigenvalue weighted by Crippen LogP contribution is -2.14. The van der Waals surface area contributed by atoms with Crippen LogP contribution in [0.4, 0.5) is 0 Å². The first-order valence-corrected chi connectivity index (χ1v) is 5.60. The van der Waals surface area contributed by atoms with Crippen LogP contribution in [0.2, 0.25) is 0 Å². The van der Waals surface area contributed by atoms with Crippen LogP contribution in [-0.2, 0) is 6.42 Å². The summed E-state index contributed by atoms with van der Waals surface area (Å²) in [6.07, 6.45) is 0.982. The van der Waals surface area contributed by atoms with Crippen molar-refractivity contribution in [3.8, 4) is 0 Å². The minimum absolute atomic E-state index is 0.712. The lowest BCUT2D eigenvalue weighted by molar-refractivity contribution is 0.560. The first kappa shape index (κ1) is 10.5. The van der Waals surface area contributed by atoms with E-state index < -0.39 is 0 Å². The van der Waals surface area contributed by atoms with Crippen LogP contribution in [0.3, 0.4) is 0 Å². The summed E-state index contributed by atoms with van der Waals surface area (Å²) < 4.78 is 5.47. The van der Waals surface area contributed by atoms with Crippen molar-refractivity contribution in [3.63, 3.8) is 0 Å². The van der Waals surface area contributed by atoms with Gasteiger partial charge in [-0.05, 0) is 30.7 Å². The van der Waals surface area contributed by atoms with Gasteiger partial charge in [0.05, 0.1) is 0 Å². The van der Waals surface area contributed by atoms with Crippen LogP contribution in [0, 0.1) is 6.92 Å². The maximum absolute atomic E-state index is 5.47. The van der Waals surface area contributed by atoms with Gasteiger partial charge in [-0.1, -0.05) is 6.07 Å². The topological polar surface area (TPSA) is 38.1 Å². The summed E-state index contributed by atoms with van der Waals surface area (Å²) in [6.45, 7) is 2.80. The van der Waals surface area contributed by atoms with Gasteiger partial charge in [0, 0.05) is 12.8 Å². The molecule has 0 radical (unpaired) electrons. The van der Waals surface area contributed by atoms with Crippen molar-refractivity contribution in [2.75, 3.05) is 12.4 Å². The maximum Gasteiger partial charge on any atom is 0.192 e. The number of nitrogens with one attached hydrogen (secondary N) is 1. The molecule has 4 heteroatoms. The van der Waals surface area contributed by atoms with Crippen molar-refractivity contribution in [1.29, 1.82) is 0 Å². The average Bonchev–Trinajstić information content (AvgIpc) is 2.57. The number of nitrogens with zero attached hydrogens (tertiary/aromatic N) is 1. The summed E-state index contributed by atoms with van der Waals surface area (Å²) in [7, 11) is 0. The molecule has 80 valence electrons. The van der Waals surface area contributed by atoms with Gasteiger partial charge in [0.15, 0.2) is 11.5 Å². The third kappa shape index (κ3) is 2.52. The SMILES string of the molecule is Cc1nc2ccc(CCNCS)cc2o1. The Bertz CT molecular complexity index is 453. The van der Waals surface area contributed by atoms with Crippen LogP contribution in [0.15, 0.2) is 22.6 Å². The fourth-order valence-corrected chi connectivity index (χ4v) is 1.71. The normalized spacial score (nSPS) is 11.1. The zero-order chi connectivity index (χ0) is 10.7. The largest absolute Gasteiger partial charge is 0.441 e. The molecule has 3 nitrogen and oxygen atoms in total. The standard InChI is InChI=1S/C11H14N2OS/c1-8-13-10-3-2-9(4-5-12-7-15)6-11(10)14-8/h2-3,6,12,15H,4-5,7H2,1H3. The smallest absolute Gasteiger partial charge is 0.192 e. The molecule has 2 rings (SSSR count). The molecule has 0 fully saturated rings. The second kappa shape index (κ2) is 4.68. The molecular weight excluding hydrogens is 208 g/mol. The number of hydrogen-bond acceptors (Lipinski definition) is 4. The molecule has 0 saturated heterocycles. The molecule has 2 aromatic rings. The molecule has 1 N–H and O–H groups in total. The Balaban J connectivity index is 2.15. The average molecular weight is 222 g/mol. The summed E-state index contributed by atoms with van der Waals surface area (Å²) in [5, 5.41) is 3.17. The number of fused-ring (bicyclic) bond motifs is 1. The molecule has 0 unspecified atom stereocenters. The Morgan fingerprint density at radius 1 is 1.47 bits per heavy atom. The summed E-state index contributed by atoms with van der Waals surface area (Å²) >= 11 is 4.09. The summed E-state index contributed by atoms with van der Waals surface area (Å²) in [5.41, 5.74) is 3.06. The van der Waals surface area contributed by atoms with Gasteiger partial charge in [0.2, 0.25) is 0 Å². The van der Waals surface area contributed by atoms with Crippen molar-refractivity contribution in [2.24, 2.45) is 0 Å². The van der Waals surface area contributed by atoms with Crippen molar-refractivity contribution < 1.29 is 4.42 Å². The predicted octanol–water partition coefficient (Wildman–Crippen LogP) is 2.16. The quantitative estimate of drug-likeness (QED) is 0.473. The first-order chi connectivity index (χ1) is 7.29. The van der Waals surface area contributed by atoms with E-state index in [0.717, 1.165) is 30.0 Å². The highest BCUT2D eigenvalue weighted by atomic mass is 32.1. The van der Waals surface area contributed by atoms with Gasteiger partial charge in [-0.2, -0.15) is 12.6 Å². The van der Waals surface area contributed by atoms with Gasteiger partial charge in [0.25, 0.3) is 0 Å². The van der Waals surface area contributed by atoms with Crippen molar-refractivity contribution in [1.82, 2.24) is 10.3 Å². The molecule has 0 saturated carbocycles. The van der Waals surface area contributed by atoms with E-state index in [4.69, 9.17) is 4.42 Å². The number of benzene rings is 1. The Morgan fingerprint density at radius 2 is 2.33 bits per heavy atom. The minimum atomic E-state index is 0.712. The number of rotatable bonds is 4. The molecule has 0 amide bonds. The van der Waals surface area contributed by atoms with Gasteiger partial charge in [-0.15, -0.1) is 0 Å². The van der Waals surface area contributed by atoms with E-state index >= 15 is 0 Å². The molecule has 1 aromatic carbocycles. The van der Waals surface area contributed by atoms with E-state index in [1.54, 1.807) is 0 Å². The van der Waals surface area contributed by atoms with Crippen molar-refractivity contribution in [3.05, 3.63) is 29.7 Å². The van der Waals surface area contributed by atoms with Gasteiger partial charge in [0.1, 0.15) is 5.52 Å². The van der Waals surface area contributed by atoms with E-state index in [9.17, 15) is 0 Å². The lowest BCUT2D eigenvalue weighted by Gasteiger charge is -2.00. The number of thiol groups is 1. The Labute approximate surface area is 94.3 Å². The summed E-state index contributed by atoms with van der Waals surface area (Å²) in [4.78, 5) is 4.26. The first-order valence-electron chi connectivity index (χ1n) is 4.97. The third-order valence-electron chi connectivity index (χ3n) is 2.26. The second-order valence-corrected chi connectivity index (χ2v) is 3.76. The third-order valence-corrected chi connectivity index (χ3v) is 2.49. The molecule has 0 spiro atoms. The molecule has 0 aliphatic carbocycles. The van der Waals surface area contributed by atoms with Gasteiger partial charge in [-0.3, -0.25) is 0 Å². The van der Waals surface area contributed by atoms with Gasteiger partial charge in [-0.25, -0.2) is 4.98 Å². The number of aryl methyl sites for hydroxylation is 1. The van der Waals surface area contributed by atoms with Crippen LogP contribution in [0.1, 0.15) is 11.5 Å². The zero-order valence-corrected chi connectivity index (χ0v) is 9.55. The number of oxazole rings is 1. The monoisotopic (exact) mass is 222 g/mol. The van der Waals surface area contributed by atoms with Crippen LogP contribution < -0.4 is 5.32 Å². The van der Waals surface area contributed by atoms with Crippen molar-refractivity contribution >= 4 is 23.7 Å². The molecule has 0 aliphatic rings. The molecule has 0 bridgehead atoms. The zero-order valence-electron chi connectivity index (χ0n) is 8.66. The van der Waals surface area contributed by atoms with Crippen molar-refractivity contribution in [2.45, 2.75) is 13.3 Å². The van der Waals surface area contributed by atoms with Crippen LogP contribution in [-0.4, -0.2) is 17.4 Å². The predicted molar refractivity (Wildman–Crippen MR) is 64.3 cm³/mol. The molecule has 1 aromatic heterocycles.